The fourth-order valence-corrected chi connectivity index (χ4v) is 3.07. The maximum atomic E-state index is 6.28. The Morgan fingerprint density at radius 1 is 0.778 bits per heavy atom. The van der Waals surface area contributed by atoms with Gasteiger partial charge in [-0.15, -0.1) is 0 Å². The summed E-state index contributed by atoms with van der Waals surface area (Å²) in [5.41, 5.74) is 8.32. The average molecular weight is 396 g/mol. The second kappa shape index (κ2) is 7.31. The number of aromatic nitrogens is 2. The predicted octanol–water partition coefficient (Wildman–Crippen LogP) is 6.01. The highest BCUT2D eigenvalue weighted by Crippen LogP contribution is 2.32. The van der Waals surface area contributed by atoms with Crippen molar-refractivity contribution in [3.8, 4) is 0 Å². The lowest BCUT2D eigenvalue weighted by atomic mass is 10.1. The number of benzene rings is 3. The molecule has 134 valence electrons. The van der Waals surface area contributed by atoms with Crippen molar-refractivity contribution in [2.45, 2.75) is 0 Å². The standard InChI is InChI=1S/C20H15Cl2N5/c21-15-9-8-13(10-16(15)22)26-19-18(23)20(25-11-24-19)27-17-7-3-5-12-4-1-2-6-14(12)17/h1-11H,23H2,(H2,24,25,26,27). The molecular weight excluding hydrogens is 381 g/mol. The lowest BCUT2D eigenvalue weighted by Crippen LogP contribution is -2.05. The first-order valence-corrected chi connectivity index (χ1v) is 8.95. The van der Waals surface area contributed by atoms with Crippen molar-refractivity contribution < 1.29 is 0 Å². The summed E-state index contributed by atoms with van der Waals surface area (Å²) in [6.45, 7) is 0. The van der Waals surface area contributed by atoms with E-state index in [0.29, 0.717) is 27.4 Å². The van der Waals surface area contributed by atoms with Gasteiger partial charge in [-0.25, -0.2) is 9.97 Å². The fourth-order valence-electron chi connectivity index (χ4n) is 2.77. The van der Waals surface area contributed by atoms with Gasteiger partial charge in [-0.2, -0.15) is 0 Å². The van der Waals surface area contributed by atoms with Crippen LogP contribution in [0.15, 0.2) is 67.0 Å². The van der Waals surface area contributed by atoms with Crippen LogP contribution in [0, 0.1) is 0 Å². The van der Waals surface area contributed by atoms with Crippen molar-refractivity contribution in [2.24, 2.45) is 0 Å². The van der Waals surface area contributed by atoms with E-state index in [0.717, 1.165) is 22.1 Å². The van der Waals surface area contributed by atoms with Gasteiger partial charge in [0.05, 0.1) is 10.0 Å². The van der Waals surface area contributed by atoms with Crippen LogP contribution in [-0.4, -0.2) is 9.97 Å². The molecule has 0 saturated heterocycles. The zero-order valence-electron chi connectivity index (χ0n) is 14.1. The van der Waals surface area contributed by atoms with Crippen molar-refractivity contribution in [1.29, 1.82) is 0 Å². The Hall–Kier alpha value is -3.02. The molecule has 0 aliphatic heterocycles. The largest absolute Gasteiger partial charge is 0.393 e. The molecule has 7 heteroatoms. The van der Waals surface area contributed by atoms with Gasteiger partial charge in [0.25, 0.3) is 0 Å². The lowest BCUT2D eigenvalue weighted by Gasteiger charge is -2.14. The molecule has 0 aliphatic rings. The summed E-state index contributed by atoms with van der Waals surface area (Å²) in [5.74, 6) is 0.995. The van der Waals surface area contributed by atoms with Crippen LogP contribution in [0.3, 0.4) is 0 Å². The quantitative estimate of drug-likeness (QED) is 0.394. The van der Waals surface area contributed by atoms with E-state index in [9.17, 15) is 0 Å². The van der Waals surface area contributed by atoms with E-state index in [1.807, 2.05) is 30.3 Å². The molecule has 0 unspecified atom stereocenters. The van der Waals surface area contributed by atoms with Crippen LogP contribution >= 0.6 is 23.2 Å². The molecule has 1 aromatic heterocycles. The highest BCUT2D eigenvalue weighted by atomic mass is 35.5. The Morgan fingerprint density at radius 2 is 1.52 bits per heavy atom. The van der Waals surface area contributed by atoms with Crippen LogP contribution in [0.25, 0.3) is 10.8 Å². The molecule has 4 rings (SSSR count). The number of nitrogens with one attached hydrogen (secondary N) is 2. The summed E-state index contributed by atoms with van der Waals surface area (Å²) in [5, 5.41) is 9.58. The van der Waals surface area contributed by atoms with E-state index in [2.05, 4.69) is 32.7 Å². The molecule has 1 heterocycles. The van der Waals surface area contributed by atoms with E-state index in [1.54, 1.807) is 18.2 Å². The molecule has 0 bridgehead atoms. The predicted molar refractivity (Wildman–Crippen MR) is 113 cm³/mol. The van der Waals surface area contributed by atoms with Crippen LogP contribution < -0.4 is 16.4 Å². The number of rotatable bonds is 4. The minimum atomic E-state index is 0.400. The SMILES string of the molecule is Nc1c(Nc2ccc(Cl)c(Cl)c2)ncnc1Nc1cccc2ccccc12. The Balaban J connectivity index is 1.66. The average Bonchev–Trinajstić information content (AvgIpc) is 2.68. The number of anilines is 5. The first-order chi connectivity index (χ1) is 13.1. The van der Waals surface area contributed by atoms with Crippen LogP contribution in [0.5, 0.6) is 0 Å². The maximum Gasteiger partial charge on any atom is 0.159 e. The van der Waals surface area contributed by atoms with Gasteiger partial charge in [-0.3, -0.25) is 0 Å². The smallest absolute Gasteiger partial charge is 0.159 e. The second-order valence-corrected chi connectivity index (χ2v) is 6.70. The fraction of sp³-hybridized carbons (Fsp3) is 0. The molecule has 0 fully saturated rings. The van der Waals surface area contributed by atoms with Crippen molar-refractivity contribution in [3.63, 3.8) is 0 Å². The minimum absolute atomic E-state index is 0.400. The molecule has 0 saturated carbocycles. The zero-order chi connectivity index (χ0) is 18.8. The van der Waals surface area contributed by atoms with E-state index >= 15 is 0 Å². The summed E-state index contributed by atoms with van der Waals surface area (Å²) in [4.78, 5) is 8.51. The Morgan fingerprint density at radius 3 is 2.33 bits per heavy atom. The third kappa shape index (κ3) is 3.60. The molecule has 0 radical (unpaired) electrons. The summed E-state index contributed by atoms with van der Waals surface area (Å²) >= 11 is 12.0. The zero-order valence-corrected chi connectivity index (χ0v) is 15.6. The number of nitrogen functional groups attached to an aromatic ring is 1. The summed E-state index contributed by atoms with van der Waals surface area (Å²) < 4.78 is 0. The first-order valence-electron chi connectivity index (χ1n) is 8.19. The molecular formula is C20H15Cl2N5. The Labute approximate surface area is 166 Å². The molecule has 3 aromatic carbocycles. The van der Waals surface area contributed by atoms with Gasteiger partial charge in [-0.05, 0) is 29.7 Å². The highest BCUT2D eigenvalue weighted by Gasteiger charge is 2.11. The topological polar surface area (TPSA) is 75.9 Å². The van der Waals surface area contributed by atoms with E-state index in [-0.39, 0.29) is 0 Å². The second-order valence-electron chi connectivity index (χ2n) is 5.89. The van der Waals surface area contributed by atoms with Crippen LogP contribution in [0.4, 0.5) is 28.7 Å². The van der Waals surface area contributed by atoms with Crippen molar-refractivity contribution in [3.05, 3.63) is 77.0 Å². The van der Waals surface area contributed by atoms with Gasteiger partial charge in [0, 0.05) is 16.8 Å². The number of fused-ring (bicyclic) bond motifs is 1. The maximum absolute atomic E-state index is 6.28. The molecule has 4 aromatic rings. The lowest BCUT2D eigenvalue weighted by molar-refractivity contribution is 1.17. The van der Waals surface area contributed by atoms with Crippen LogP contribution in [0.2, 0.25) is 10.0 Å². The third-order valence-corrected chi connectivity index (χ3v) is 4.85. The number of nitrogens with zero attached hydrogens (tertiary/aromatic N) is 2. The van der Waals surface area contributed by atoms with Crippen LogP contribution in [-0.2, 0) is 0 Å². The molecule has 0 atom stereocenters. The van der Waals surface area contributed by atoms with Gasteiger partial charge >= 0.3 is 0 Å². The van der Waals surface area contributed by atoms with Crippen LogP contribution in [0.1, 0.15) is 0 Å². The molecule has 0 aliphatic carbocycles. The Kier molecular flexibility index (Phi) is 4.71. The number of halogens is 2. The molecule has 5 nitrogen and oxygen atoms in total. The van der Waals surface area contributed by atoms with Gasteiger partial charge in [0.15, 0.2) is 11.6 Å². The number of nitrogens with two attached hydrogens (primary N) is 1. The van der Waals surface area contributed by atoms with Gasteiger partial charge in [0.2, 0.25) is 0 Å². The summed E-state index contributed by atoms with van der Waals surface area (Å²) in [6, 6.07) is 19.3. The van der Waals surface area contributed by atoms with Crippen molar-refractivity contribution >= 4 is 62.7 Å². The minimum Gasteiger partial charge on any atom is -0.393 e. The molecule has 0 amide bonds. The molecule has 0 spiro atoms. The van der Waals surface area contributed by atoms with Crippen molar-refractivity contribution in [1.82, 2.24) is 9.97 Å². The molecule has 27 heavy (non-hydrogen) atoms. The normalized spacial score (nSPS) is 10.7. The first kappa shape index (κ1) is 17.4. The summed E-state index contributed by atoms with van der Waals surface area (Å²) in [7, 11) is 0. The summed E-state index contributed by atoms with van der Waals surface area (Å²) in [6.07, 6.45) is 1.45. The number of hydrogen-bond acceptors (Lipinski definition) is 5. The molecule has 4 N–H and O–H groups in total. The monoisotopic (exact) mass is 395 g/mol. The van der Waals surface area contributed by atoms with Gasteiger partial charge < -0.3 is 16.4 Å². The van der Waals surface area contributed by atoms with E-state index in [4.69, 9.17) is 28.9 Å². The van der Waals surface area contributed by atoms with E-state index < -0.39 is 0 Å². The number of hydrogen-bond donors (Lipinski definition) is 3. The van der Waals surface area contributed by atoms with Gasteiger partial charge in [-0.1, -0.05) is 59.6 Å². The van der Waals surface area contributed by atoms with Gasteiger partial charge in [0.1, 0.15) is 12.0 Å². The van der Waals surface area contributed by atoms with Crippen molar-refractivity contribution in [2.75, 3.05) is 16.4 Å². The third-order valence-electron chi connectivity index (χ3n) is 4.11. The highest BCUT2D eigenvalue weighted by molar-refractivity contribution is 6.42. The Bertz CT molecular complexity index is 1130. The van der Waals surface area contributed by atoms with E-state index in [1.165, 1.54) is 6.33 Å².